The molecule has 5 nitrogen and oxygen atoms in total. The van der Waals surface area contributed by atoms with Crippen molar-refractivity contribution in [3.63, 3.8) is 0 Å². The predicted molar refractivity (Wildman–Crippen MR) is 122 cm³/mol. The van der Waals surface area contributed by atoms with Gasteiger partial charge in [0.25, 0.3) is 5.56 Å². The van der Waals surface area contributed by atoms with Gasteiger partial charge in [-0.25, -0.2) is 4.98 Å². The molecule has 152 valence electrons. The first-order valence-electron chi connectivity index (χ1n) is 9.81. The maximum atomic E-state index is 13.7. The lowest BCUT2D eigenvalue weighted by Gasteiger charge is -2.17. The zero-order valence-electron chi connectivity index (χ0n) is 17.2. The quantitative estimate of drug-likeness (QED) is 0.523. The topological polar surface area (TPSA) is 78.0 Å². The number of benzene rings is 2. The van der Waals surface area contributed by atoms with Crippen molar-refractivity contribution >= 4 is 27.5 Å². The number of aryl methyl sites for hydroxylation is 2. The van der Waals surface area contributed by atoms with Gasteiger partial charge in [0.15, 0.2) is 0 Å². The summed E-state index contributed by atoms with van der Waals surface area (Å²) < 4.78 is 1.46. The van der Waals surface area contributed by atoms with E-state index in [-0.39, 0.29) is 5.56 Å². The summed E-state index contributed by atoms with van der Waals surface area (Å²) in [5.41, 5.74) is 9.38. The highest BCUT2D eigenvalue weighted by Crippen LogP contribution is 2.36. The zero-order valence-corrected chi connectivity index (χ0v) is 18.0. The molecule has 6 heteroatoms. The SMILES string of the molecule is Cc1ccc(-c2c(C)sc3nc(Cc4ccccc4)n(C(C)C(N)=O)c(=O)c23)cc1. The van der Waals surface area contributed by atoms with Gasteiger partial charge in [-0.1, -0.05) is 60.2 Å². The molecule has 0 aliphatic heterocycles. The largest absolute Gasteiger partial charge is 0.368 e. The van der Waals surface area contributed by atoms with Crippen molar-refractivity contribution < 1.29 is 4.79 Å². The van der Waals surface area contributed by atoms with Gasteiger partial charge in [-0.05, 0) is 31.9 Å². The van der Waals surface area contributed by atoms with E-state index < -0.39 is 11.9 Å². The highest BCUT2D eigenvalue weighted by Gasteiger charge is 2.24. The zero-order chi connectivity index (χ0) is 21.4. The van der Waals surface area contributed by atoms with E-state index in [4.69, 9.17) is 10.7 Å². The summed E-state index contributed by atoms with van der Waals surface area (Å²) in [5.74, 6) is -0.0156. The minimum Gasteiger partial charge on any atom is -0.368 e. The van der Waals surface area contributed by atoms with Gasteiger partial charge in [-0.3, -0.25) is 14.2 Å². The monoisotopic (exact) mass is 417 g/mol. The van der Waals surface area contributed by atoms with Crippen LogP contribution in [0.25, 0.3) is 21.3 Å². The molecule has 1 atom stereocenters. The van der Waals surface area contributed by atoms with Crippen LogP contribution in [0.15, 0.2) is 59.4 Å². The first-order valence-corrected chi connectivity index (χ1v) is 10.6. The van der Waals surface area contributed by atoms with E-state index in [0.29, 0.717) is 22.5 Å². The van der Waals surface area contributed by atoms with Crippen molar-refractivity contribution in [3.05, 3.63) is 86.8 Å². The standard InChI is InChI=1S/C24H23N3O2S/c1-14-9-11-18(12-10-14)20-16(3)30-23-21(20)24(29)27(15(2)22(25)28)19(26-23)13-17-7-5-4-6-8-17/h4-12,15H,13H2,1-3H3,(H2,25,28). The number of primary amides is 1. The predicted octanol–water partition coefficient (Wildman–Crippen LogP) is 4.38. The Morgan fingerprint density at radius 1 is 1.10 bits per heavy atom. The van der Waals surface area contributed by atoms with Gasteiger partial charge in [0.2, 0.25) is 5.91 Å². The third-order valence-corrected chi connectivity index (χ3v) is 6.35. The molecular weight excluding hydrogens is 394 g/mol. The van der Waals surface area contributed by atoms with Gasteiger partial charge in [-0.2, -0.15) is 0 Å². The molecule has 2 heterocycles. The molecule has 1 amide bonds. The second-order valence-corrected chi connectivity index (χ2v) is 8.73. The summed E-state index contributed by atoms with van der Waals surface area (Å²) in [6.07, 6.45) is 0.445. The van der Waals surface area contributed by atoms with E-state index in [1.54, 1.807) is 6.92 Å². The van der Waals surface area contributed by atoms with Crippen LogP contribution in [0, 0.1) is 13.8 Å². The lowest BCUT2D eigenvalue weighted by molar-refractivity contribution is -0.120. The minimum atomic E-state index is -0.792. The molecule has 2 aromatic heterocycles. The highest BCUT2D eigenvalue weighted by atomic mass is 32.1. The van der Waals surface area contributed by atoms with Crippen molar-refractivity contribution in [3.8, 4) is 11.1 Å². The first kappa shape index (κ1) is 20.0. The van der Waals surface area contributed by atoms with Gasteiger partial charge in [0, 0.05) is 16.9 Å². The normalized spacial score (nSPS) is 12.2. The molecule has 1 unspecified atom stereocenters. The fraction of sp³-hybridized carbons (Fsp3) is 0.208. The fourth-order valence-corrected chi connectivity index (χ4v) is 4.77. The molecule has 0 aliphatic rings. The van der Waals surface area contributed by atoms with Crippen LogP contribution >= 0.6 is 11.3 Å². The van der Waals surface area contributed by atoms with Gasteiger partial charge < -0.3 is 5.73 Å². The molecule has 2 N–H and O–H groups in total. The van der Waals surface area contributed by atoms with E-state index in [2.05, 4.69) is 0 Å². The number of carbonyl (C=O) groups is 1. The lowest BCUT2D eigenvalue weighted by atomic mass is 10.0. The van der Waals surface area contributed by atoms with Crippen molar-refractivity contribution in [2.75, 3.05) is 0 Å². The number of hydrogen-bond donors (Lipinski definition) is 1. The maximum absolute atomic E-state index is 13.7. The number of rotatable bonds is 5. The average Bonchev–Trinajstić information content (AvgIpc) is 3.05. The Labute approximate surface area is 178 Å². The molecule has 30 heavy (non-hydrogen) atoms. The molecule has 0 fully saturated rings. The third kappa shape index (κ3) is 3.55. The van der Waals surface area contributed by atoms with Gasteiger partial charge in [0.05, 0.1) is 5.39 Å². The van der Waals surface area contributed by atoms with Crippen molar-refractivity contribution in [1.82, 2.24) is 9.55 Å². The van der Waals surface area contributed by atoms with Crippen LogP contribution in [0.1, 0.15) is 34.8 Å². The molecule has 0 spiro atoms. The summed E-state index contributed by atoms with van der Waals surface area (Å²) in [6.45, 7) is 5.68. The van der Waals surface area contributed by atoms with E-state index in [9.17, 15) is 9.59 Å². The summed E-state index contributed by atoms with van der Waals surface area (Å²) in [5, 5.41) is 0.547. The number of aromatic nitrogens is 2. The van der Waals surface area contributed by atoms with Gasteiger partial charge in [0.1, 0.15) is 16.7 Å². The number of fused-ring (bicyclic) bond motifs is 1. The Bertz CT molecular complexity index is 1290. The number of carbonyl (C=O) groups excluding carboxylic acids is 1. The average molecular weight is 418 g/mol. The molecule has 4 aromatic rings. The van der Waals surface area contributed by atoms with Crippen LogP contribution in [0.3, 0.4) is 0 Å². The molecule has 2 aromatic carbocycles. The van der Waals surface area contributed by atoms with E-state index >= 15 is 0 Å². The molecule has 4 rings (SSSR count). The van der Waals surface area contributed by atoms with Crippen LogP contribution in [0.5, 0.6) is 0 Å². The third-order valence-electron chi connectivity index (χ3n) is 5.35. The van der Waals surface area contributed by atoms with E-state index in [1.165, 1.54) is 15.9 Å². The molecule has 0 saturated heterocycles. The maximum Gasteiger partial charge on any atom is 0.263 e. The second kappa shape index (κ2) is 7.88. The van der Waals surface area contributed by atoms with Crippen molar-refractivity contribution in [2.45, 2.75) is 33.2 Å². The van der Waals surface area contributed by atoms with Crippen LogP contribution in [0.4, 0.5) is 0 Å². The Kier molecular flexibility index (Phi) is 5.26. The van der Waals surface area contributed by atoms with E-state index in [1.807, 2.05) is 68.4 Å². The lowest BCUT2D eigenvalue weighted by Crippen LogP contribution is -2.35. The van der Waals surface area contributed by atoms with Crippen molar-refractivity contribution in [2.24, 2.45) is 5.73 Å². The van der Waals surface area contributed by atoms with Gasteiger partial charge in [-0.15, -0.1) is 11.3 Å². The number of nitrogens with two attached hydrogens (primary N) is 1. The minimum absolute atomic E-state index is 0.225. The summed E-state index contributed by atoms with van der Waals surface area (Å²) in [4.78, 5) is 32.3. The molecule has 0 bridgehead atoms. The van der Waals surface area contributed by atoms with Crippen LogP contribution in [-0.2, 0) is 11.2 Å². The Morgan fingerprint density at radius 2 is 1.77 bits per heavy atom. The van der Waals surface area contributed by atoms with Crippen LogP contribution < -0.4 is 11.3 Å². The number of thiophene rings is 1. The number of amides is 1. The summed E-state index contributed by atoms with van der Waals surface area (Å²) >= 11 is 1.50. The second-order valence-electron chi connectivity index (χ2n) is 7.52. The fourth-order valence-electron chi connectivity index (χ4n) is 3.71. The molecule has 0 aliphatic carbocycles. The smallest absolute Gasteiger partial charge is 0.263 e. The van der Waals surface area contributed by atoms with Crippen LogP contribution in [0.2, 0.25) is 0 Å². The first-order chi connectivity index (χ1) is 14.4. The molecule has 0 radical (unpaired) electrons. The summed E-state index contributed by atoms with van der Waals surface area (Å²) in [6, 6.07) is 17.1. The molecule has 0 saturated carbocycles. The van der Waals surface area contributed by atoms with E-state index in [0.717, 1.165) is 27.1 Å². The Hall–Kier alpha value is -3.25. The Balaban J connectivity index is 2.00. The van der Waals surface area contributed by atoms with Gasteiger partial charge >= 0.3 is 0 Å². The molecular formula is C24H23N3O2S. The Morgan fingerprint density at radius 3 is 2.40 bits per heavy atom. The highest BCUT2D eigenvalue weighted by molar-refractivity contribution is 7.19. The summed E-state index contributed by atoms with van der Waals surface area (Å²) in [7, 11) is 0. The van der Waals surface area contributed by atoms with Crippen LogP contribution in [-0.4, -0.2) is 15.5 Å². The van der Waals surface area contributed by atoms with Crippen molar-refractivity contribution in [1.29, 1.82) is 0 Å². The number of nitrogens with zero attached hydrogens (tertiary/aromatic N) is 2. The number of hydrogen-bond acceptors (Lipinski definition) is 4.